The summed E-state index contributed by atoms with van der Waals surface area (Å²) in [5.41, 5.74) is 2.25. The molecule has 2 atom stereocenters. The van der Waals surface area contributed by atoms with Crippen molar-refractivity contribution in [2.24, 2.45) is 0 Å². The third-order valence-electron chi connectivity index (χ3n) is 6.14. The van der Waals surface area contributed by atoms with Gasteiger partial charge in [-0.3, -0.25) is 0 Å². The molecule has 0 spiro atoms. The van der Waals surface area contributed by atoms with E-state index in [1.165, 1.54) is 11.1 Å². The maximum Gasteiger partial charge on any atom is 0.161 e. The molecule has 2 unspecified atom stereocenters. The molecule has 0 aliphatic rings. The van der Waals surface area contributed by atoms with Crippen LogP contribution in [0, 0.1) is 0 Å². The van der Waals surface area contributed by atoms with Crippen LogP contribution in [0.5, 0.6) is 11.5 Å². The monoisotopic (exact) mass is 474 g/mol. The Balaban J connectivity index is 1.56. The molecule has 3 aromatic rings. The highest BCUT2D eigenvalue weighted by Crippen LogP contribution is 2.26. The van der Waals surface area contributed by atoms with Crippen LogP contribution in [0.15, 0.2) is 97.6 Å². The number of aliphatic hydroxyl groups is 1. The Labute approximate surface area is 209 Å². The van der Waals surface area contributed by atoms with Crippen LogP contribution < -0.4 is 20.1 Å². The molecule has 0 aliphatic heterocycles. The van der Waals surface area contributed by atoms with Crippen LogP contribution in [0.2, 0.25) is 0 Å². The van der Waals surface area contributed by atoms with Crippen molar-refractivity contribution in [3.8, 4) is 11.5 Å². The lowest BCUT2D eigenvalue weighted by molar-refractivity contribution is 0.0950. The van der Waals surface area contributed by atoms with Gasteiger partial charge in [-0.05, 0) is 36.6 Å². The fourth-order valence-electron chi connectivity index (χ4n) is 3.81. The smallest absolute Gasteiger partial charge is 0.161 e. The van der Waals surface area contributed by atoms with Gasteiger partial charge in [0.25, 0.3) is 0 Å². The van der Waals surface area contributed by atoms with E-state index in [0.29, 0.717) is 24.7 Å². The summed E-state index contributed by atoms with van der Waals surface area (Å²) in [6, 6.07) is 28.5. The van der Waals surface area contributed by atoms with E-state index in [0.717, 1.165) is 13.0 Å². The first-order valence-electron chi connectivity index (χ1n) is 12.3. The molecule has 0 saturated carbocycles. The van der Waals surface area contributed by atoms with Gasteiger partial charge in [0.2, 0.25) is 0 Å². The molecule has 3 aromatic carbocycles. The molecule has 0 bridgehead atoms. The fraction of sp³-hybridized carbons (Fsp3) is 0.333. The Morgan fingerprint density at radius 1 is 0.886 bits per heavy atom. The fourth-order valence-corrected chi connectivity index (χ4v) is 3.81. The SMILES string of the molecule is C=CCOc1ccccc1OCC(O)CNC(C)(CC)CNC(c1ccccc1)c1ccccc1. The summed E-state index contributed by atoms with van der Waals surface area (Å²) >= 11 is 0. The summed E-state index contributed by atoms with van der Waals surface area (Å²) in [5.74, 6) is 1.25. The predicted octanol–water partition coefficient (Wildman–Crippen LogP) is 5.13. The van der Waals surface area contributed by atoms with E-state index in [9.17, 15) is 5.11 Å². The molecule has 3 rings (SSSR count). The van der Waals surface area contributed by atoms with Gasteiger partial charge in [-0.2, -0.15) is 0 Å². The Morgan fingerprint density at radius 3 is 1.97 bits per heavy atom. The second-order valence-electron chi connectivity index (χ2n) is 8.94. The highest BCUT2D eigenvalue weighted by molar-refractivity contribution is 5.39. The van der Waals surface area contributed by atoms with Crippen molar-refractivity contribution in [3.05, 3.63) is 109 Å². The van der Waals surface area contributed by atoms with E-state index in [-0.39, 0.29) is 18.2 Å². The summed E-state index contributed by atoms with van der Waals surface area (Å²) in [6.45, 7) is 9.75. The second kappa shape index (κ2) is 13.7. The number of hydrogen-bond donors (Lipinski definition) is 3. The molecule has 0 fully saturated rings. The standard InChI is InChI=1S/C30H38N2O3/c1-4-20-34-27-18-12-13-19-28(27)35-22-26(33)21-32-30(3,5-2)23-31-29(24-14-8-6-9-15-24)25-16-10-7-11-17-25/h4,6-19,26,29,31-33H,1,5,20-23H2,2-3H3. The molecule has 0 heterocycles. The van der Waals surface area contributed by atoms with E-state index in [4.69, 9.17) is 9.47 Å². The largest absolute Gasteiger partial charge is 0.487 e. The summed E-state index contributed by atoms with van der Waals surface area (Å²) in [4.78, 5) is 0. The minimum Gasteiger partial charge on any atom is -0.487 e. The van der Waals surface area contributed by atoms with Gasteiger partial charge in [0, 0.05) is 18.6 Å². The van der Waals surface area contributed by atoms with Crippen molar-refractivity contribution in [1.29, 1.82) is 0 Å². The topological polar surface area (TPSA) is 62.8 Å². The molecule has 0 radical (unpaired) electrons. The van der Waals surface area contributed by atoms with E-state index < -0.39 is 6.10 Å². The van der Waals surface area contributed by atoms with Gasteiger partial charge in [0.1, 0.15) is 19.3 Å². The zero-order chi connectivity index (χ0) is 24.9. The average molecular weight is 475 g/mol. The molecular weight excluding hydrogens is 436 g/mol. The van der Waals surface area contributed by atoms with Gasteiger partial charge in [0.15, 0.2) is 11.5 Å². The van der Waals surface area contributed by atoms with Crippen molar-refractivity contribution in [1.82, 2.24) is 10.6 Å². The van der Waals surface area contributed by atoms with Gasteiger partial charge >= 0.3 is 0 Å². The third kappa shape index (κ3) is 8.25. The van der Waals surface area contributed by atoms with Crippen molar-refractivity contribution in [3.63, 3.8) is 0 Å². The number of para-hydroxylation sites is 2. The van der Waals surface area contributed by atoms with Crippen molar-refractivity contribution < 1.29 is 14.6 Å². The number of hydrogen-bond acceptors (Lipinski definition) is 5. The van der Waals surface area contributed by atoms with Gasteiger partial charge in [-0.25, -0.2) is 0 Å². The van der Waals surface area contributed by atoms with Crippen LogP contribution in [-0.2, 0) is 0 Å². The summed E-state index contributed by atoms with van der Waals surface area (Å²) in [6.07, 6.45) is 1.93. The summed E-state index contributed by atoms with van der Waals surface area (Å²) in [5, 5.41) is 17.9. The number of benzene rings is 3. The minimum atomic E-state index is -0.660. The molecular formula is C30H38N2O3. The molecule has 0 saturated heterocycles. The van der Waals surface area contributed by atoms with Crippen LogP contribution in [-0.4, -0.2) is 43.1 Å². The first kappa shape index (κ1) is 26.5. The van der Waals surface area contributed by atoms with Gasteiger partial charge in [-0.15, -0.1) is 0 Å². The van der Waals surface area contributed by atoms with E-state index in [1.807, 2.05) is 36.4 Å². The molecule has 5 heteroatoms. The lowest BCUT2D eigenvalue weighted by atomic mass is 9.94. The molecule has 3 N–H and O–H groups in total. The van der Waals surface area contributed by atoms with Crippen molar-refractivity contribution in [2.45, 2.75) is 38.0 Å². The number of β-amino-alcohol motifs (C(OH)–C–C–N with tert-alkyl or cyclic N) is 1. The number of nitrogens with one attached hydrogen (secondary N) is 2. The Bertz CT molecular complexity index is 973. The van der Waals surface area contributed by atoms with Crippen molar-refractivity contribution in [2.75, 3.05) is 26.3 Å². The number of ether oxygens (including phenoxy) is 2. The molecule has 0 amide bonds. The van der Waals surface area contributed by atoms with Gasteiger partial charge in [-0.1, -0.05) is 92.4 Å². The molecule has 0 aromatic heterocycles. The molecule has 35 heavy (non-hydrogen) atoms. The summed E-state index contributed by atoms with van der Waals surface area (Å²) < 4.78 is 11.5. The van der Waals surface area contributed by atoms with Crippen LogP contribution in [0.4, 0.5) is 0 Å². The normalized spacial score (nSPS) is 13.7. The van der Waals surface area contributed by atoms with E-state index >= 15 is 0 Å². The zero-order valence-corrected chi connectivity index (χ0v) is 20.8. The van der Waals surface area contributed by atoms with E-state index in [1.54, 1.807) is 6.08 Å². The van der Waals surface area contributed by atoms with Crippen LogP contribution >= 0.6 is 0 Å². The molecule has 186 valence electrons. The van der Waals surface area contributed by atoms with Crippen molar-refractivity contribution >= 4 is 0 Å². The van der Waals surface area contributed by atoms with E-state index in [2.05, 4.69) is 79.6 Å². The first-order chi connectivity index (χ1) is 17.0. The first-order valence-corrected chi connectivity index (χ1v) is 12.3. The average Bonchev–Trinajstić information content (AvgIpc) is 2.91. The predicted molar refractivity (Wildman–Crippen MR) is 143 cm³/mol. The maximum atomic E-state index is 10.6. The Kier molecular flexibility index (Phi) is 10.4. The Hall–Kier alpha value is -3.12. The minimum absolute atomic E-state index is 0.0883. The van der Waals surface area contributed by atoms with Crippen LogP contribution in [0.3, 0.4) is 0 Å². The molecule has 5 nitrogen and oxygen atoms in total. The highest BCUT2D eigenvalue weighted by Gasteiger charge is 2.25. The third-order valence-corrected chi connectivity index (χ3v) is 6.14. The van der Waals surface area contributed by atoms with Crippen LogP contribution in [0.1, 0.15) is 37.4 Å². The van der Waals surface area contributed by atoms with Gasteiger partial charge < -0.3 is 25.2 Å². The Morgan fingerprint density at radius 2 is 1.43 bits per heavy atom. The molecule has 0 aliphatic carbocycles. The lowest BCUT2D eigenvalue weighted by Crippen LogP contribution is -2.53. The van der Waals surface area contributed by atoms with Crippen LogP contribution in [0.25, 0.3) is 0 Å². The second-order valence-corrected chi connectivity index (χ2v) is 8.94. The quantitative estimate of drug-likeness (QED) is 0.267. The zero-order valence-electron chi connectivity index (χ0n) is 20.8. The lowest BCUT2D eigenvalue weighted by Gasteiger charge is -2.33. The number of rotatable bonds is 15. The maximum absolute atomic E-state index is 10.6. The summed E-state index contributed by atoms with van der Waals surface area (Å²) in [7, 11) is 0. The highest BCUT2D eigenvalue weighted by atomic mass is 16.5. The van der Waals surface area contributed by atoms with Gasteiger partial charge in [0.05, 0.1) is 6.04 Å². The number of aliphatic hydroxyl groups excluding tert-OH is 1.